The van der Waals surface area contributed by atoms with E-state index in [9.17, 15) is 9.36 Å². The summed E-state index contributed by atoms with van der Waals surface area (Å²) in [6.45, 7) is 5.81. The quantitative estimate of drug-likeness (QED) is 0.368. The number of hydrogen-bond acceptors (Lipinski definition) is 6. The highest BCUT2D eigenvalue weighted by Gasteiger charge is 2.46. The van der Waals surface area contributed by atoms with E-state index in [1.165, 1.54) is 6.07 Å². The molecule has 0 aromatic heterocycles. The number of carbonyl (C=O) groups is 1. The predicted molar refractivity (Wildman–Crippen MR) is 115 cm³/mol. The normalized spacial score (nSPS) is 18.4. The number of aryl methyl sites for hydroxylation is 1. The van der Waals surface area contributed by atoms with E-state index >= 15 is 0 Å². The maximum Gasteiger partial charge on any atom is 0.375 e. The zero-order valence-corrected chi connectivity index (χ0v) is 19.3. The second kappa shape index (κ2) is 9.29. The molecule has 1 saturated heterocycles. The second-order valence-electron chi connectivity index (χ2n) is 7.87. The first-order valence-corrected chi connectivity index (χ1v) is 11.7. The fraction of sp³-hybridized carbons (Fsp3) is 0.381. The molecule has 0 amide bonds. The zero-order chi connectivity index (χ0) is 21.9. The lowest BCUT2D eigenvalue weighted by Crippen LogP contribution is -2.31. The fourth-order valence-corrected chi connectivity index (χ4v) is 5.33. The highest BCUT2D eigenvalue weighted by molar-refractivity contribution is 7.54. The van der Waals surface area contributed by atoms with Crippen LogP contribution in [-0.4, -0.2) is 25.8 Å². The molecule has 3 rings (SSSR count). The summed E-state index contributed by atoms with van der Waals surface area (Å²) < 4.78 is 35.6. The van der Waals surface area contributed by atoms with Crippen LogP contribution in [0.25, 0.3) is 0 Å². The van der Waals surface area contributed by atoms with E-state index in [4.69, 9.17) is 41.7 Å². The second-order valence-corrected chi connectivity index (χ2v) is 10.8. The van der Waals surface area contributed by atoms with Gasteiger partial charge in [0.05, 0.1) is 18.2 Å². The van der Waals surface area contributed by atoms with Gasteiger partial charge >= 0.3 is 13.6 Å². The Morgan fingerprint density at radius 3 is 2.37 bits per heavy atom. The molecule has 1 fully saturated rings. The first-order valence-electron chi connectivity index (χ1n) is 9.31. The molecule has 0 N–H and O–H groups in total. The molecule has 1 aliphatic heterocycles. The van der Waals surface area contributed by atoms with Crippen molar-refractivity contribution in [1.29, 1.82) is 0 Å². The summed E-state index contributed by atoms with van der Waals surface area (Å²) in [6.07, 6.45) is 0. The number of halogens is 2. The van der Waals surface area contributed by atoms with Crippen LogP contribution in [0.4, 0.5) is 0 Å². The third-order valence-electron chi connectivity index (χ3n) is 4.40. The van der Waals surface area contributed by atoms with E-state index < -0.39 is 26.0 Å². The summed E-state index contributed by atoms with van der Waals surface area (Å²) >= 11 is 11.9. The van der Waals surface area contributed by atoms with E-state index in [2.05, 4.69) is 0 Å². The number of rotatable bonds is 6. The van der Waals surface area contributed by atoms with Crippen LogP contribution in [0, 0.1) is 12.3 Å². The molecule has 0 bridgehead atoms. The highest BCUT2D eigenvalue weighted by atomic mass is 35.5. The van der Waals surface area contributed by atoms with Crippen molar-refractivity contribution in [2.75, 3.05) is 19.8 Å². The minimum absolute atomic E-state index is 0.223. The number of ether oxygens (including phenoxy) is 2. The molecule has 0 radical (unpaired) electrons. The molecule has 1 aliphatic rings. The van der Waals surface area contributed by atoms with E-state index in [1.807, 2.05) is 32.9 Å². The van der Waals surface area contributed by atoms with Gasteiger partial charge in [-0.3, -0.25) is 4.57 Å². The van der Waals surface area contributed by atoms with Crippen molar-refractivity contribution >= 4 is 36.8 Å². The van der Waals surface area contributed by atoms with Gasteiger partial charge in [0.25, 0.3) is 0 Å². The summed E-state index contributed by atoms with van der Waals surface area (Å²) in [5.74, 6) is -1.66. The topological polar surface area (TPSA) is 71.1 Å². The molecule has 0 saturated carbocycles. The van der Waals surface area contributed by atoms with Crippen LogP contribution < -0.4 is 4.74 Å². The van der Waals surface area contributed by atoms with Crippen molar-refractivity contribution in [3.8, 4) is 5.75 Å². The van der Waals surface area contributed by atoms with Crippen molar-refractivity contribution in [1.82, 2.24) is 0 Å². The minimum atomic E-state index is -3.75. The Bertz CT molecular complexity index is 946. The molecule has 9 heteroatoms. The van der Waals surface area contributed by atoms with Crippen molar-refractivity contribution in [3.05, 3.63) is 63.6 Å². The van der Waals surface area contributed by atoms with E-state index in [1.54, 1.807) is 24.3 Å². The van der Waals surface area contributed by atoms with Gasteiger partial charge in [-0.15, -0.1) is 0 Å². The van der Waals surface area contributed by atoms with Crippen LogP contribution in [0.15, 0.2) is 42.5 Å². The third-order valence-corrected chi connectivity index (χ3v) is 6.89. The summed E-state index contributed by atoms with van der Waals surface area (Å²) in [4.78, 5) is 12.5. The average Bonchev–Trinajstić information content (AvgIpc) is 2.69. The Morgan fingerprint density at radius 1 is 1.13 bits per heavy atom. The number of carbonyl (C=O) groups excluding carboxylic acids is 1. The zero-order valence-electron chi connectivity index (χ0n) is 16.9. The van der Waals surface area contributed by atoms with Gasteiger partial charge in [0.1, 0.15) is 5.75 Å². The molecule has 2 aromatic rings. The molecule has 30 heavy (non-hydrogen) atoms. The molecule has 0 spiro atoms. The molecule has 1 heterocycles. The number of benzene rings is 2. The summed E-state index contributed by atoms with van der Waals surface area (Å²) in [5.41, 5.74) is 1.24. The first-order chi connectivity index (χ1) is 14.1. The van der Waals surface area contributed by atoms with Gasteiger partial charge in [-0.1, -0.05) is 66.9 Å². The molecule has 1 unspecified atom stereocenters. The molecule has 1 atom stereocenters. The standard InChI is InChI=1S/C21H23Cl2O6P/c1-14-4-6-15(7-5-14)20(30(25)27-12-21(2,3)13-28-30)29-19(24)11-26-18-9-8-16(22)10-17(18)23/h4-10,20H,11-13H2,1-3H3. The van der Waals surface area contributed by atoms with Crippen LogP contribution in [-0.2, 0) is 23.1 Å². The van der Waals surface area contributed by atoms with Gasteiger partial charge in [0.2, 0.25) is 5.85 Å². The molecular formula is C21H23Cl2O6P. The van der Waals surface area contributed by atoms with Crippen molar-refractivity contribution in [2.24, 2.45) is 5.41 Å². The minimum Gasteiger partial charge on any atom is -0.480 e. The van der Waals surface area contributed by atoms with Crippen LogP contribution in [0.5, 0.6) is 5.75 Å². The van der Waals surface area contributed by atoms with Crippen molar-refractivity contribution in [3.63, 3.8) is 0 Å². The lowest BCUT2D eigenvalue weighted by molar-refractivity contribution is -0.149. The van der Waals surface area contributed by atoms with Gasteiger partial charge in [-0.2, -0.15) is 0 Å². The largest absolute Gasteiger partial charge is 0.480 e. The highest BCUT2D eigenvalue weighted by Crippen LogP contribution is 2.64. The monoisotopic (exact) mass is 472 g/mol. The number of esters is 1. The van der Waals surface area contributed by atoms with Crippen LogP contribution >= 0.6 is 30.8 Å². The van der Waals surface area contributed by atoms with Gasteiger partial charge in [-0.05, 0) is 25.1 Å². The predicted octanol–water partition coefficient (Wildman–Crippen LogP) is 6.19. The van der Waals surface area contributed by atoms with Gasteiger partial charge in [0, 0.05) is 16.0 Å². The average molecular weight is 473 g/mol. The third kappa shape index (κ3) is 5.77. The van der Waals surface area contributed by atoms with E-state index in [0.717, 1.165) is 5.56 Å². The lowest BCUT2D eigenvalue weighted by atomic mass is 9.97. The van der Waals surface area contributed by atoms with Crippen LogP contribution in [0.3, 0.4) is 0 Å². The Morgan fingerprint density at radius 2 is 1.77 bits per heavy atom. The molecule has 6 nitrogen and oxygen atoms in total. The van der Waals surface area contributed by atoms with Crippen LogP contribution in [0.1, 0.15) is 30.8 Å². The Labute approximate surface area is 185 Å². The maximum absolute atomic E-state index is 13.4. The smallest absolute Gasteiger partial charge is 0.375 e. The SMILES string of the molecule is Cc1ccc(C(OC(=O)COc2ccc(Cl)cc2Cl)P2(=O)OCC(C)(C)CO2)cc1. The first kappa shape index (κ1) is 23.1. The number of hydrogen-bond donors (Lipinski definition) is 0. The Balaban J connectivity index is 1.76. The van der Waals surface area contributed by atoms with Crippen molar-refractivity contribution < 1.29 is 27.9 Å². The van der Waals surface area contributed by atoms with Gasteiger partial charge in [0.15, 0.2) is 6.61 Å². The molecular weight excluding hydrogens is 450 g/mol. The fourth-order valence-electron chi connectivity index (χ4n) is 2.68. The van der Waals surface area contributed by atoms with E-state index in [0.29, 0.717) is 10.6 Å². The molecule has 162 valence electrons. The van der Waals surface area contributed by atoms with Gasteiger partial charge < -0.3 is 18.5 Å². The Hall–Kier alpha value is -1.56. The lowest BCUT2D eigenvalue weighted by Gasteiger charge is -2.37. The molecule has 2 aromatic carbocycles. The maximum atomic E-state index is 13.4. The van der Waals surface area contributed by atoms with E-state index in [-0.39, 0.29) is 29.4 Å². The summed E-state index contributed by atoms with van der Waals surface area (Å²) in [5, 5.41) is 0.710. The summed E-state index contributed by atoms with van der Waals surface area (Å²) in [6, 6.07) is 11.8. The molecule has 0 aliphatic carbocycles. The summed E-state index contributed by atoms with van der Waals surface area (Å²) in [7, 11) is -3.75. The Kier molecular flexibility index (Phi) is 7.16. The van der Waals surface area contributed by atoms with Gasteiger partial charge in [-0.25, -0.2) is 4.79 Å². The van der Waals surface area contributed by atoms with Crippen molar-refractivity contribution in [2.45, 2.75) is 26.6 Å². The van der Waals surface area contributed by atoms with Crippen LogP contribution in [0.2, 0.25) is 10.0 Å².